The highest BCUT2D eigenvalue weighted by molar-refractivity contribution is 5.93. The Hall–Kier alpha value is -1.84. The van der Waals surface area contributed by atoms with Crippen LogP contribution in [0.15, 0.2) is 31.0 Å². The topological polar surface area (TPSA) is 54.0 Å². The third kappa shape index (κ3) is 3.32. The van der Waals surface area contributed by atoms with Gasteiger partial charge in [-0.1, -0.05) is 18.9 Å². The molecule has 18 heavy (non-hydrogen) atoms. The number of amides is 1. The summed E-state index contributed by atoms with van der Waals surface area (Å²) >= 11 is 0. The lowest BCUT2D eigenvalue weighted by atomic mass is 10.2. The van der Waals surface area contributed by atoms with Crippen LogP contribution in [0.5, 0.6) is 0 Å². The van der Waals surface area contributed by atoms with Crippen LogP contribution in [-0.4, -0.2) is 23.5 Å². The van der Waals surface area contributed by atoms with Gasteiger partial charge >= 0.3 is 0 Å². The minimum Gasteiger partial charge on any atom is -0.382 e. The van der Waals surface area contributed by atoms with Crippen molar-refractivity contribution >= 4 is 11.6 Å². The number of pyridine rings is 1. The highest BCUT2D eigenvalue weighted by atomic mass is 16.1. The number of nitrogens with one attached hydrogen (secondary N) is 2. The Balaban J connectivity index is 1.99. The quantitative estimate of drug-likeness (QED) is 0.783. The van der Waals surface area contributed by atoms with E-state index in [0.717, 1.165) is 5.69 Å². The Kier molecular flexibility index (Phi) is 4.34. The zero-order chi connectivity index (χ0) is 12.8. The summed E-state index contributed by atoms with van der Waals surface area (Å²) in [4.78, 5) is 15.8. The van der Waals surface area contributed by atoms with E-state index in [-0.39, 0.29) is 5.91 Å². The molecule has 4 nitrogen and oxygen atoms in total. The maximum Gasteiger partial charge on any atom is 0.270 e. The van der Waals surface area contributed by atoms with E-state index in [1.807, 2.05) is 6.07 Å². The minimum absolute atomic E-state index is 0.162. The van der Waals surface area contributed by atoms with Crippen LogP contribution < -0.4 is 10.6 Å². The molecule has 0 aliphatic heterocycles. The van der Waals surface area contributed by atoms with Gasteiger partial charge < -0.3 is 10.6 Å². The Bertz CT molecular complexity index is 425. The van der Waals surface area contributed by atoms with Crippen molar-refractivity contribution in [2.24, 2.45) is 0 Å². The first-order valence-corrected chi connectivity index (χ1v) is 6.41. The van der Waals surface area contributed by atoms with Crippen molar-refractivity contribution in [3.8, 4) is 0 Å². The SMILES string of the molecule is C=CCNC(=O)c1cc(NC2CCCC2)ccn1. The fourth-order valence-electron chi connectivity index (χ4n) is 2.21. The highest BCUT2D eigenvalue weighted by Gasteiger charge is 2.15. The monoisotopic (exact) mass is 245 g/mol. The highest BCUT2D eigenvalue weighted by Crippen LogP contribution is 2.22. The lowest BCUT2D eigenvalue weighted by Crippen LogP contribution is -2.24. The van der Waals surface area contributed by atoms with Gasteiger partial charge in [0.25, 0.3) is 5.91 Å². The number of aromatic nitrogens is 1. The molecule has 0 atom stereocenters. The summed E-state index contributed by atoms with van der Waals surface area (Å²) in [6, 6.07) is 4.25. The Morgan fingerprint density at radius 3 is 3.00 bits per heavy atom. The lowest BCUT2D eigenvalue weighted by Gasteiger charge is -2.13. The molecule has 0 spiro atoms. The van der Waals surface area contributed by atoms with Gasteiger partial charge in [-0.3, -0.25) is 9.78 Å². The number of anilines is 1. The van der Waals surface area contributed by atoms with Crippen LogP contribution in [0.1, 0.15) is 36.2 Å². The molecular weight excluding hydrogens is 226 g/mol. The molecule has 1 aliphatic rings. The predicted molar refractivity (Wildman–Crippen MR) is 72.6 cm³/mol. The molecule has 1 amide bonds. The summed E-state index contributed by atoms with van der Waals surface area (Å²) in [7, 11) is 0. The first-order valence-electron chi connectivity index (χ1n) is 6.41. The van der Waals surface area contributed by atoms with Gasteiger partial charge in [0.05, 0.1) is 0 Å². The summed E-state index contributed by atoms with van der Waals surface area (Å²) in [5.74, 6) is -0.162. The molecule has 0 aromatic carbocycles. The molecule has 96 valence electrons. The van der Waals surface area contributed by atoms with E-state index in [9.17, 15) is 4.79 Å². The summed E-state index contributed by atoms with van der Waals surface area (Å²) < 4.78 is 0. The molecule has 4 heteroatoms. The molecule has 1 saturated carbocycles. The van der Waals surface area contributed by atoms with Crippen LogP contribution in [0.3, 0.4) is 0 Å². The molecule has 1 aromatic rings. The summed E-state index contributed by atoms with van der Waals surface area (Å²) in [6.07, 6.45) is 8.31. The van der Waals surface area contributed by atoms with Gasteiger partial charge in [-0.05, 0) is 25.0 Å². The van der Waals surface area contributed by atoms with E-state index >= 15 is 0 Å². The average Bonchev–Trinajstić information content (AvgIpc) is 2.89. The van der Waals surface area contributed by atoms with Gasteiger partial charge in [0.1, 0.15) is 5.69 Å². The summed E-state index contributed by atoms with van der Waals surface area (Å²) in [5.41, 5.74) is 1.42. The van der Waals surface area contributed by atoms with Crippen molar-refractivity contribution in [3.63, 3.8) is 0 Å². The molecule has 2 rings (SSSR count). The van der Waals surface area contributed by atoms with E-state index in [4.69, 9.17) is 0 Å². The Labute approximate surface area is 108 Å². The minimum atomic E-state index is -0.162. The molecule has 2 N–H and O–H groups in total. The Morgan fingerprint density at radius 2 is 2.28 bits per heavy atom. The van der Waals surface area contributed by atoms with Crippen LogP contribution in [0.25, 0.3) is 0 Å². The third-order valence-corrected chi connectivity index (χ3v) is 3.13. The molecule has 0 unspecified atom stereocenters. The molecular formula is C14H19N3O. The van der Waals surface area contributed by atoms with Crippen LogP contribution >= 0.6 is 0 Å². The fourth-order valence-corrected chi connectivity index (χ4v) is 2.21. The van der Waals surface area contributed by atoms with Gasteiger partial charge in [-0.25, -0.2) is 0 Å². The van der Waals surface area contributed by atoms with Gasteiger partial charge in [-0.15, -0.1) is 6.58 Å². The molecule has 0 radical (unpaired) electrons. The van der Waals surface area contributed by atoms with E-state index in [1.165, 1.54) is 25.7 Å². The number of hydrogen-bond acceptors (Lipinski definition) is 3. The maximum absolute atomic E-state index is 11.7. The van der Waals surface area contributed by atoms with E-state index in [0.29, 0.717) is 18.3 Å². The van der Waals surface area contributed by atoms with Gasteiger partial charge in [0, 0.05) is 24.5 Å². The molecule has 0 saturated heterocycles. The van der Waals surface area contributed by atoms with E-state index < -0.39 is 0 Å². The maximum atomic E-state index is 11.7. The van der Waals surface area contributed by atoms with Gasteiger partial charge in [-0.2, -0.15) is 0 Å². The molecule has 1 aromatic heterocycles. The predicted octanol–water partition coefficient (Wildman–Crippen LogP) is 2.35. The normalized spacial score (nSPS) is 15.3. The van der Waals surface area contributed by atoms with Crippen LogP contribution in [-0.2, 0) is 0 Å². The second-order valence-electron chi connectivity index (χ2n) is 4.55. The van der Waals surface area contributed by atoms with Crippen LogP contribution in [0, 0.1) is 0 Å². The largest absolute Gasteiger partial charge is 0.382 e. The number of carbonyl (C=O) groups excluding carboxylic acids is 1. The third-order valence-electron chi connectivity index (χ3n) is 3.13. The smallest absolute Gasteiger partial charge is 0.270 e. The second kappa shape index (κ2) is 6.19. The van der Waals surface area contributed by atoms with Crippen molar-refractivity contribution in [2.75, 3.05) is 11.9 Å². The number of nitrogens with zero attached hydrogens (tertiary/aromatic N) is 1. The van der Waals surface area contributed by atoms with Crippen molar-refractivity contribution in [1.29, 1.82) is 0 Å². The fraction of sp³-hybridized carbons (Fsp3) is 0.429. The average molecular weight is 245 g/mol. The Morgan fingerprint density at radius 1 is 1.50 bits per heavy atom. The molecule has 1 aliphatic carbocycles. The first-order chi connectivity index (χ1) is 8.79. The van der Waals surface area contributed by atoms with Gasteiger partial charge in [0.15, 0.2) is 0 Å². The number of hydrogen-bond donors (Lipinski definition) is 2. The van der Waals surface area contributed by atoms with Crippen molar-refractivity contribution in [2.45, 2.75) is 31.7 Å². The van der Waals surface area contributed by atoms with Gasteiger partial charge in [0.2, 0.25) is 0 Å². The summed E-state index contributed by atoms with van der Waals surface area (Å²) in [6.45, 7) is 4.02. The number of rotatable bonds is 5. The number of carbonyl (C=O) groups is 1. The molecule has 1 heterocycles. The van der Waals surface area contributed by atoms with E-state index in [2.05, 4.69) is 22.2 Å². The molecule has 1 fully saturated rings. The van der Waals surface area contributed by atoms with E-state index in [1.54, 1.807) is 18.3 Å². The molecule has 0 bridgehead atoms. The lowest BCUT2D eigenvalue weighted by molar-refractivity contribution is 0.0953. The van der Waals surface area contributed by atoms with Crippen LogP contribution in [0.4, 0.5) is 5.69 Å². The summed E-state index contributed by atoms with van der Waals surface area (Å²) in [5, 5.41) is 6.17. The zero-order valence-corrected chi connectivity index (χ0v) is 10.5. The van der Waals surface area contributed by atoms with Crippen molar-refractivity contribution in [1.82, 2.24) is 10.3 Å². The standard InChI is InChI=1S/C14H19N3O/c1-2-8-16-14(18)13-10-12(7-9-15-13)17-11-5-3-4-6-11/h2,7,9-11H,1,3-6,8H2,(H,15,17)(H,16,18). The van der Waals surface area contributed by atoms with Crippen molar-refractivity contribution < 1.29 is 4.79 Å². The van der Waals surface area contributed by atoms with Crippen molar-refractivity contribution in [3.05, 3.63) is 36.7 Å². The second-order valence-corrected chi connectivity index (χ2v) is 4.55. The zero-order valence-electron chi connectivity index (χ0n) is 10.5. The van der Waals surface area contributed by atoms with Crippen LogP contribution in [0.2, 0.25) is 0 Å². The first kappa shape index (κ1) is 12.6.